The summed E-state index contributed by atoms with van der Waals surface area (Å²) in [6.07, 6.45) is 0. The summed E-state index contributed by atoms with van der Waals surface area (Å²) in [5, 5.41) is 7.79. The molecule has 0 spiro atoms. The lowest BCUT2D eigenvalue weighted by Crippen LogP contribution is -2.13. The summed E-state index contributed by atoms with van der Waals surface area (Å²) in [6, 6.07) is 8.05. The number of hydrogen-bond donors (Lipinski definition) is 1. The molecule has 0 amide bonds. The average Bonchev–Trinajstić information content (AvgIpc) is 2.71. The number of anilines is 1. The zero-order valence-electron chi connectivity index (χ0n) is 13.5. The van der Waals surface area contributed by atoms with Crippen molar-refractivity contribution < 1.29 is 4.74 Å². The Morgan fingerprint density at radius 1 is 1.33 bits per heavy atom. The van der Waals surface area contributed by atoms with Gasteiger partial charge in [-0.3, -0.25) is 0 Å². The first kappa shape index (κ1) is 15.4. The summed E-state index contributed by atoms with van der Waals surface area (Å²) in [4.78, 5) is 2.06. The van der Waals surface area contributed by atoms with Gasteiger partial charge in [0.25, 0.3) is 0 Å². The molecule has 0 aliphatic carbocycles. The second-order valence-corrected chi connectivity index (χ2v) is 5.27. The van der Waals surface area contributed by atoms with Gasteiger partial charge in [0.2, 0.25) is 5.88 Å². The molecule has 1 heterocycles. The molecular weight excluding hydrogens is 264 g/mol. The molecule has 0 unspecified atom stereocenters. The number of ether oxygens (including phenoxy) is 1. The van der Waals surface area contributed by atoms with E-state index in [9.17, 15) is 0 Å². The van der Waals surface area contributed by atoms with Gasteiger partial charge in [-0.05, 0) is 25.6 Å². The lowest BCUT2D eigenvalue weighted by molar-refractivity contribution is 0.424. The van der Waals surface area contributed by atoms with Crippen LogP contribution in [-0.2, 0) is 13.6 Å². The number of aromatic nitrogens is 2. The van der Waals surface area contributed by atoms with Crippen LogP contribution in [0.2, 0.25) is 0 Å². The van der Waals surface area contributed by atoms with Crippen molar-refractivity contribution >= 4 is 5.69 Å². The maximum absolute atomic E-state index is 6.08. The zero-order valence-corrected chi connectivity index (χ0v) is 13.5. The van der Waals surface area contributed by atoms with E-state index in [2.05, 4.69) is 28.3 Å². The Morgan fingerprint density at radius 3 is 2.76 bits per heavy atom. The third-order valence-electron chi connectivity index (χ3n) is 3.39. The monoisotopic (exact) mass is 288 g/mol. The fraction of sp³-hybridized carbons (Fsp3) is 0.438. The van der Waals surface area contributed by atoms with Crippen LogP contribution < -0.4 is 15.0 Å². The maximum Gasteiger partial charge on any atom is 0.222 e. The Balaban J connectivity index is 2.28. The molecule has 0 aliphatic heterocycles. The molecule has 0 bridgehead atoms. The molecule has 0 fully saturated rings. The SMILES string of the molecule is CCNCc1c(C)nn(C)c1Oc1cccc(N(C)C)c1. The molecule has 0 radical (unpaired) electrons. The molecule has 1 aromatic heterocycles. The van der Waals surface area contributed by atoms with Crippen molar-refractivity contribution in [2.45, 2.75) is 20.4 Å². The number of aryl methyl sites for hydroxylation is 2. The Hall–Kier alpha value is -2.01. The molecule has 0 saturated heterocycles. The highest BCUT2D eigenvalue weighted by Crippen LogP contribution is 2.29. The Labute approximate surface area is 126 Å². The van der Waals surface area contributed by atoms with Crippen LogP contribution >= 0.6 is 0 Å². The van der Waals surface area contributed by atoms with E-state index in [0.717, 1.165) is 41.7 Å². The third-order valence-corrected chi connectivity index (χ3v) is 3.39. The highest BCUT2D eigenvalue weighted by molar-refractivity contribution is 5.50. The molecule has 1 aromatic carbocycles. The van der Waals surface area contributed by atoms with Crippen molar-refractivity contribution in [3.63, 3.8) is 0 Å². The largest absolute Gasteiger partial charge is 0.439 e. The first-order valence-electron chi connectivity index (χ1n) is 7.21. The van der Waals surface area contributed by atoms with Crippen LogP contribution in [0.3, 0.4) is 0 Å². The topological polar surface area (TPSA) is 42.3 Å². The Bertz CT molecular complexity index is 604. The fourth-order valence-electron chi connectivity index (χ4n) is 2.20. The van der Waals surface area contributed by atoms with Crippen LogP contribution in [-0.4, -0.2) is 30.4 Å². The van der Waals surface area contributed by atoms with Gasteiger partial charge in [-0.15, -0.1) is 0 Å². The van der Waals surface area contributed by atoms with Crippen LogP contribution in [0.4, 0.5) is 5.69 Å². The van der Waals surface area contributed by atoms with Gasteiger partial charge >= 0.3 is 0 Å². The number of nitrogens with zero attached hydrogens (tertiary/aromatic N) is 3. The molecule has 1 N–H and O–H groups in total. The summed E-state index contributed by atoms with van der Waals surface area (Å²) in [5.41, 5.74) is 3.21. The molecule has 0 aliphatic rings. The Morgan fingerprint density at radius 2 is 2.10 bits per heavy atom. The molecule has 2 aromatic rings. The standard InChI is InChI=1S/C16H24N4O/c1-6-17-11-15-12(2)18-20(5)16(15)21-14-9-7-8-13(10-14)19(3)4/h7-10,17H,6,11H2,1-5H3. The van der Waals surface area contributed by atoms with E-state index in [1.807, 2.05) is 46.3 Å². The first-order valence-corrected chi connectivity index (χ1v) is 7.21. The summed E-state index contributed by atoms with van der Waals surface area (Å²) in [7, 11) is 5.95. The van der Waals surface area contributed by atoms with Crippen molar-refractivity contribution in [3.8, 4) is 11.6 Å². The van der Waals surface area contributed by atoms with Gasteiger partial charge in [-0.2, -0.15) is 5.10 Å². The van der Waals surface area contributed by atoms with Gasteiger partial charge in [0.05, 0.1) is 11.3 Å². The van der Waals surface area contributed by atoms with Crippen molar-refractivity contribution in [1.82, 2.24) is 15.1 Å². The summed E-state index contributed by atoms with van der Waals surface area (Å²) >= 11 is 0. The highest BCUT2D eigenvalue weighted by Gasteiger charge is 2.15. The first-order chi connectivity index (χ1) is 10.0. The third kappa shape index (κ3) is 3.55. The van der Waals surface area contributed by atoms with E-state index >= 15 is 0 Å². The molecule has 21 heavy (non-hydrogen) atoms. The van der Waals surface area contributed by atoms with Gasteiger partial charge in [0.15, 0.2) is 0 Å². The lowest BCUT2D eigenvalue weighted by atomic mass is 10.2. The van der Waals surface area contributed by atoms with Crippen LogP contribution in [0.25, 0.3) is 0 Å². The van der Waals surface area contributed by atoms with E-state index in [1.165, 1.54) is 0 Å². The zero-order chi connectivity index (χ0) is 15.4. The van der Waals surface area contributed by atoms with Gasteiger partial charge in [0, 0.05) is 39.4 Å². The van der Waals surface area contributed by atoms with Gasteiger partial charge < -0.3 is 15.0 Å². The molecule has 5 heteroatoms. The normalized spacial score (nSPS) is 10.7. The van der Waals surface area contributed by atoms with Crippen molar-refractivity contribution in [2.24, 2.45) is 7.05 Å². The van der Waals surface area contributed by atoms with Crippen LogP contribution in [0.15, 0.2) is 24.3 Å². The maximum atomic E-state index is 6.08. The number of benzene rings is 1. The molecule has 0 atom stereocenters. The minimum absolute atomic E-state index is 0.763. The average molecular weight is 288 g/mol. The van der Waals surface area contributed by atoms with E-state index in [-0.39, 0.29) is 0 Å². The van der Waals surface area contributed by atoms with Crippen LogP contribution in [0, 0.1) is 6.92 Å². The van der Waals surface area contributed by atoms with E-state index in [0.29, 0.717) is 0 Å². The molecular formula is C16H24N4O. The van der Waals surface area contributed by atoms with Crippen molar-refractivity contribution in [3.05, 3.63) is 35.5 Å². The molecule has 2 rings (SSSR count). The number of rotatable bonds is 6. The van der Waals surface area contributed by atoms with Gasteiger partial charge in [-0.1, -0.05) is 13.0 Å². The minimum atomic E-state index is 0.763. The Kier molecular flexibility index (Phi) is 4.85. The second-order valence-electron chi connectivity index (χ2n) is 5.27. The predicted molar refractivity (Wildman–Crippen MR) is 86.2 cm³/mol. The van der Waals surface area contributed by atoms with Crippen molar-refractivity contribution in [1.29, 1.82) is 0 Å². The van der Waals surface area contributed by atoms with E-state index < -0.39 is 0 Å². The van der Waals surface area contributed by atoms with E-state index in [1.54, 1.807) is 4.68 Å². The van der Waals surface area contributed by atoms with Crippen LogP contribution in [0.5, 0.6) is 11.6 Å². The van der Waals surface area contributed by atoms with Gasteiger partial charge in [-0.25, -0.2) is 4.68 Å². The molecule has 5 nitrogen and oxygen atoms in total. The summed E-state index contributed by atoms with van der Waals surface area (Å²) in [6.45, 7) is 5.78. The van der Waals surface area contributed by atoms with Crippen molar-refractivity contribution in [2.75, 3.05) is 25.5 Å². The number of nitrogens with one attached hydrogen (secondary N) is 1. The highest BCUT2D eigenvalue weighted by atomic mass is 16.5. The summed E-state index contributed by atoms with van der Waals surface area (Å²) < 4.78 is 7.88. The smallest absolute Gasteiger partial charge is 0.222 e. The predicted octanol–water partition coefficient (Wildman–Crippen LogP) is 2.70. The quantitative estimate of drug-likeness (QED) is 0.887. The molecule has 0 saturated carbocycles. The molecule has 114 valence electrons. The van der Waals surface area contributed by atoms with Gasteiger partial charge in [0.1, 0.15) is 5.75 Å². The minimum Gasteiger partial charge on any atom is -0.439 e. The van der Waals surface area contributed by atoms with Crippen LogP contribution in [0.1, 0.15) is 18.2 Å². The fourth-order valence-corrected chi connectivity index (χ4v) is 2.20. The summed E-state index contributed by atoms with van der Waals surface area (Å²) in [5.74, 6) is 1.62. The number of hydrogen-bond acceptors (Lipinski definition) is 4. The van der Waals surface area contributed by atoms with E-state index in [4.69, 9.17) is 4.74 Å². The second kappa shape index (κ2) is 6.63. The lowest BCUT2D eigenvalue weighted by Gasteiger charge is -2.14.